The molecule has 0 amide bonds. The zero-order valence-corrected chi connectivity index (χ0v) is 13.2. The topological polar surface area (TPSA) is 33.0 Å². The number of ether oxygens (including phenoxy) is 1. The molecule has 0 atom stereocenters. The molecule has 0 unspecified atom stereocenters. The highest BCUT2D eigenvalue weighted by atomic mass is 32.2. The second kappa shape index (κ2) is 7.75. The van der Waals surface area contributed by atoms with Gasteiger partial charge in [0.15, 0.2) is 0 Å². The lowest BCUT2D eigenvalue weighted by molar-refractivity contribution is 0.344. The second-order valence-corrected chi connectivity index (χ2v) is 6.14. The molecule has 2 aromatic carbocycles. The fraction of sp³-hybridized carbons (Fsp3) is 0.278. The van der Waals surface area contributed by atoms with Gasteiger partial charge in [-0.3, -0.25) is 0 Å². The third-order valence-electron chi connectivity index (χ3n) is 3.03. The van der Waals surface area contributed by atoms with E-state index in [1.807, 2.05) is 23.9 Å². The van der Waals surface area contributed by atoms with Crippen LogP contribution in [0.3, 0.4) is 0 Å². The SMILES string of the molecule is Cc1cc(C)cc(CSCCOc2ccc(C#N)cc2)c1. The van der Waals surface area contributed by atoms with Gasteiger partial charge >= 0.3 is 0 Å². The van der Waals surface area contributed by atoms with Crippen molar-refractivity contribution >= 4 is 11.8 Å². The molecule has 0 aliphatic heterocycles. The Morgan fingerprint density at radius 2 is 1.71 bits per heavy atom. The van der Waals surface area contributed by atoms with Crippen LogP contribution in [0.25, 0.3) is 0 Å². The Labute approximate surface area is 130 Å². The van der Waals surface area contributed by atoms with Gasteiger partial charge in [0, 0.05) is 11.5 Å². The normalized spacial score (nSPS) is 10.1. The number of aryl methyl sites for hydroxylation is 2. The summed E-state index contributed by atoms with van der Waals surface area (Å²) in [6.45, 7) is 4.95. The maximum Gasteiger partial charge on any atom is 0.119 e. The number of rotatable bonds is 6. The molecule has 0 heterocycles. The van der Waals surface area contributed by atoms with Gasteiger partial charge in [0.2, 0.25) is 0 Å². The van der Waals surface area contributed by atoms with E-state index in [2.05, 4.69) is 38.1 Å². The number of benzene rings is 2. The molecule has 0 fully saturated rings. The number of nitrogens with zero attached hydrogens (tertiary/aromatic N) is 1. The zero-order valence-electron chi connectivity index (χ0n) is 12.4. The summed E-state index contributed by atoms with van der Waals surface area (Å²) in [6.07, 6.45) is 0. The highest BCUT2D eigenvalue weighted by molar-refractivity contribution is 7.98. The molecule has 0 saturated heterocycles. The van der Waals surface area contributed by atoms with Crippen molar-refractivity contribution in [3.05, 3.63) is 64.7 Å². The molecule has 0 N–H and O–H groups in total. The van der Waals surface area contributed by atoms with E-state index in [1.54, 1.807) is 12.1 Å². The summed E-state index contributed by atoms with van der Waals surface area (Å²) < 4.78 is 5.66. The van der Waals surface area contributed by atoms with Crippen LogP contribution in [-0.2, 0) is 5.75 Å². The van der Waals surface area contributed by atoms with Gasteiger partial charge in [-0.2, -0.15) is 17.0 Å². The Morgan fingerprint density at radius 3 is 2.33 bits per heavy atom. The average Bonchev–Trinajstić information content (AvgIpc) is 2.46. The van der Waals surface area contributed by atoms with Gasteiger partial charge in [-0.1, -0.05) is 29.3 Å². The van der Waals surface area contributed by atoms with E-state index in [0.717, 1.165) is 17.3 Å². The molecule has 21 heavy (non-hydrogen) atoms. The first-order chi connectivity index (χ1) is 10.2. The lowest BCUT2D eigenvalue weighted by Gasteiger charge is -2.07. The van der Waals surface area contributed by atoms with Crippen molar-refractivity contribution in [1.82, 2.24) is 0 Å². The van der Waals surface area contributed by atoms with Crippen molar-refractivity contribution in [2.45, 2.75) is 19.6 Å². The minimum atomic E-state index is 0.659. The van der Waals surface area contributed by atoms with Crippen LogP contribution in [0.2, 0.25) is 0 Å². The average molecular weight is 297 g/mol. The first-order valence-electron chi connectivity index (χ1n) is 6.95. The van der Waals surface area contributed by atoms with Crippen LogP contribution in [0.1, 0.15) is 22.3 Å². The Balaban J connectivity index is 1.71. The van der Waals surface area contributed by atoms with Crippen LogP contribution in [0.4, 0.5) is 0 Å². The van der Waals surface area contributed by atoms with E-state index in [9.17, 15) is 0 Å². The third kappa shape index (κ3) is 5.17. The first kappa shape index (κ1) is 15.5. The van der Waals surface area contributed by atoms with Crippen molar-refractivity contribution in [2.24, 2.45) is 0 Å². The minimum Gasteiger partial charge on any atom is -0.493 e. The number of nitriles is 1. The highest BCUT2D eigenvalue weighted by Crippen LogP contribution is 2.17. The van der Waals surface area contributed by atoms with Gasteiger partial charge in [-0.25, -0.2) is 0 Å². The number of thioether (sulfide) groups is 1. The van der Waals surface area contributed by atoms with E-state index < -0.39 is 0 Å². The fourth-order valence-electron chi connectivity index (χ4n) is 2.19. The molecule has 108 valence electrons. The number of hydrogen-bond acceptors (Lipinski definition) is 3. The molecule has 2 aromatic rings. The summed E-state index contributed by atoms with van der Waals surface area (Å²) in [5.41, 5.74) is 4.67. The quantitative estimate of drug-likeness (QED) is 0.737. The molecule has 0 bridgehead atoms. The molecule has 0 saturated carbocycles. The lowest BCUT2D eigenvalue weighted by Crippen LogP contribution is -2.00. The molecule has 0 aliphatic carbocycles. The summed E-state index contributed by atoms with van der Waals surface area (Å²) in [5.74, 6) is 2.78. The zero-order chi connectivity index (χ0) is 15.1. The van der Waals surface area contributed by atoms with Gasteiger partial charge < -0.3 is 4.74 Å². The number of hydrogen-bond donors (Lipinski definition) is 0. The van der Waals surface area contributed by atoms with E-state index >= 15 is 0 Å². The standard InChI is InChI=1S/C18H19NOS/c1-14-9-15(2)11-17(10-14)13-21-8-7-20-18-5-3-16(12-19)4-6-18/h3-6,9-11H,7-8,13H2,1-2H3. The maximum atomic E-state index is 8.73. The van der Waals surface area contributed by atoms with Gasteiger partial charge in [0.05, 0.1) is 18.2 Å². The van der Waals surface area contributed by atoms with Crippen molar-refractivity contribution in [3.8, 4) is 11.8 Å². The van der Waals surface area contributed by atoms with Crippen molar-refractivity contribution in [1.29, 1.82) is 5.26 Å². The fourth-order valence-corrected chi connectivity index (χ4v) is 2.93. The Hall–Kier alpha value is -1.92. The Morgan fingerprint density at radius 1 is 1.05 bits per heavy atom. The molecule has 0 aliphatic rings. The van der Waals surface area contributed by atoms with E-state index in [0.29, 0.717) is 12.2 Å². The van der Waals surface area contributed by atoms with Crippen LogP contribution >= 0.6 is 11.8 Å². The molecular weight excluding hydrogens is 278 g/mol. The summed E-state index contributed by atoms with van der Waals surface area (Å²) >= 11 is 1.87. The van der Waals surface area contributed by atoms with Crippen molar-refractivity contribution < 1.29 is 4.74 Å². The third-order valence-corrected chi connectivity index (χ3v) is 4.02. The van der Waals surface area contributed by atoms with Crippen LogP contribution in [0, 0.1) is 25.2 Å². The van der Waals surface area contributed by atoms with Crippen LogP contribution in [0.15, 0.2) is 42.5 Å². The second-order valence-electron chi connectivity index (χ2n) is 5.03. The monoisotopic (exact) mass is 297 g/mol. The molecular formula is C18H19NOS. The summed E-state index contributed by atoms with van der Waals surface area (Å²) in [5, 5.41) is 8.73. The largest absolute Gasteiger partial charge is 0.493 e. The molecule has 2 rings (SSSR count). The summed E-state index contributed by atoms with van der Waals surface area (Å²) in [6, 6.07) is 16.0. The highest BCUT2D eigenvalue weighted by Gasteiger charge is 1.98. The van der Waals surface area contributed by atoms with E-state index in [1.165, 1.54) is 16.7 Å². The van der Waals surface area contributed by atoms with Gasteiger partial charge in [0.25, 0.3) is 0 Å². The molecule has 0 radical (unpaired) electrons. The van der Waals surface area contributed by atoms with Crippen LogP contribution < -0.4 is 4.74 Å². The summed E-state index contributed by atoms with van der Waals surface area (Å²) in [4.78, 5) is 0. The lowest BCUT2D eigenvalue weighted by atomic mass is 10.1. The first-order valence-corrected chi connectivity index (χ1v) is 8.11. The Kier molecular flexibility index (Phi) is 5.71. The maximum absolute atomic E-state index is 8.73. The van der Waals surface area contributed by atoms with Gasteiger partial charge in [-0.15, -0.1) is 0 Å². The van der Waals surface area contributed by atoms with Crippen LogP contribution in [-0.4, -0.2) is 12.4 Å². The van der Waals surface area contributed by atoms with Gasteiger partial charge in [-0.05, 0) is 43.7 Å². The smallest absolute Gasteiger partial charge is 0.119 e. The summed E-state index contributed by atoms with van der Waals surface area (Å²) in [7, 11) is 0. The van der Waals surface area contributed by atoms with Crippen molar-refractivity contribution in [2.75, 3.05) is 12.4 Å². The molecule has 0 spiro atoms. The van der Waals surface area contributed by atoms with E-state index in [4.69, 9.17) is 10.00 Å². The molecule has 0 aromatic heterocycles. The predicted octanol–water partition coefficient (Wildman–Crippen LogP) is 4.49. The predicted molar refractivity (Wildman–Crippen MR) is 88.7 cm³/mol. The minimum absolute atomic E-state index is 0.659. The van der Waals surface area contributed by atoms with Gasteiger partial charge in [0.1, 0.15) is 5.75 Å². The van der Waals surface area contributed by atoms with E-state index in [-0.39, 0.29) is 0 Å². The van der Waals surface area contributed by atoms with Crippen LogP contribution in [0.5, 0.6) is 5.75 Å². The van der Waals surface area contributed by atoms with Crippen molar-refractivity contribution in [3.63, 3.8) is 0 Å². The molecule has 3 heteroatoms. The Bertz CT molecular complexity index is 608. The molecule has 2 nitrogen and oxygen atoms in total.